The highest BCUT2D eigenvalue weighted by Crippen LogP contribution is 3.01. The maximum atomic E-state index is 2.89. The van der Waals surface area contributed by atoms with E-state index >= 15 is 0 Å². The van der Waals surface area contributed by atoms with Gasteiger partial charge in [-0.25, -0.2) is 0 Å². The summed E-state index contributed by atoms with van der Waals surface area (Å²) in [5.74, 6) is 4.52. The Morgan fingerprint density at radius 3 is 2.08 bits per heavy atom. The van der Waals surface area contributed by atoms with Crippen molar-refractivity contribution in [2.24, 2.45) is 29.1 Å². The second-order valence-corrected chi connectivity index (χ2v) is 6.37. The van der Waals surface area contributed by atoms with Gasteiger partial charge in [0.25, 0.3) is 0 Å². The Bertz CT molecular complexity index is 289. The van der Waals surface area contributed by atoms with Gasteiger partial charge in [-0.2, -0.15) is 0 Å². The third-order valence-corrected chi connectivity index (χ3v) is 6.86. The van der Waals surface area contributed by atoms with E-state index in [-0.39, 0.29) is 0 Å². The third kappa shape index (κ3) is 0.249. The fourth-order valence-corrected chi connectivity index (χ4v) is 6.80. The molecule has 0 bridgehead atoms. The van der Waals surface area contributed by atoms with Crippen LogP contribution in [0.5, 0.6) is 0 Å². The van der Waals surface area contributed by atoms with Crippen LogP contribution < -0.4 is 0 Å². The Kier molecular flexibility index (Phi) is 0.618. The first-order valence-corrected chi connectivity index (χ1v) is 6.02. The summed E-state index contributed by atoms with van der Waals surface area (Å²) >= 11 is 0. The van der Waals surface area contributed by atoms with Crippen molar-refractivity contribution in [2.45, 2.75) is 44.8 Å². The van der Waals surface area contributed by atoms with Crippen molar-refractivity contribution in [3.05, 3.63) is 0 Å². The molecule has 0 aromatic heterocycles. The van der Waals surface area contributed by atoms with E-state index in [1.807, 2.05) is 0 Å². The van der Waals surface area contributed by atoms with Crippen LogP contribution >= 0.6 is 0 Å². The van der Waals surface area contributed by atoms with Crippen molar-refractivity contribution in [1.29, 1.82) is 0 Å². The van der Waals surface area contributed by atoms with Crippen LogP contribution in [0.25, 0.3) is 0 Å². The molecule has 6 aliphatic rings. The minimum Gasteiger partial charge on any atom is -0.289 e. The van der Waals surface area contributed by atoms with Crippen LogP contribution in [0.2, 0.25) is 0 Å². The predicted octanol–water partition coefficient (Wildman–Crippen LogP) is 1.73. The van der Waals surface area contributed by atoms with E-state index < -0.39 is 0 Å². The Labute approximate surface area is 79.5 Å². The molecule has 3 saturated carbocycles. The van der Waals surface area contributed by atoms with Crippen LogP contribution in [-0.2, 0) is 0 Å². The molecule has 0 aromatic rings. The van der Waals surface area contributed by atoms with Crippen LogP contribution in [-0.4, -0.2) is 22.5 Å². The molecule has 1 nitrogen and oxygen atoms in total. The van der Waals surface area contributed by atoms with Crippen molar-refractivity contribution in [3.8, 4) is 0 Å². The van der Waals surface area contributed by atoms with E-state index in [1.165, 1.54) is 24.2 Å². The van der Waals surface area contributed by atoms with E-state index in [2.05, 4.69) is 25.7 Å². The average molecular weight is 175 g/mol. The molecule has 0 amide bonds. The number of nitrogens with zero attached hydrogens (tertiary/aromatic N) is 1. The first kappa shape index (κ1) is 6.44. The van der Waals surface area contributed by atoms with Crippen molar-refractivity contribution in [2.75, 3.05) is 0 Å². The largest absolute Gasteiger partial charge is 0.289 e. The summed E-state index contributed by atoms with van der Waals surface area (Å²) in [6.45, 7) is 7.32. The summed E-state index contributed by atoms with van der Waals surface area (Å²) in [6.07, 6.45) is 1.44. The number of hydrogen-bond acceptors (Lipinski definition) is 1. The maximum absolute atomic E-state index is 2.89. The average Bonchev–Trinajstić information content (AvgIpc) is 2.16. The second-order valence-electron chi connectivity index (χ2n) is 6.37. The molecule has 0 aromatic carbocycles. The highest BCUT2D eigenvalue weighted by atomic mass is 15.6. The SMILES string of the molecule is CCC12C3C4C1C1N2C3C41C(C)C. The Balaban J connectivity index is 1.63. The van der Waals surface area contributed by atoms with Gasteiger partial charge in [-0.15, -0.1) is 0 Å². The second kappa shape index (κ2) is 1.25. The normalized spacial score (nSPS) is 78.9. The summed E-state index contributed by atoms with van der Waals surface area (Å²) in [4.78, 5) is 2.89. The molecule has 13 heavy (non-hydrogen) atoms. The van der Waals surface area contributed by atoms with Crippen LogP contribution in [0.4, 0.5) is 0 Å². The Morgan fingerprint density at radius 1 is 1.15 bits per heavy atom. The topological polar surface area (TPSA) is 3.24 Å². The lowest BCUT2D eigenvalue weighted by Crippen LogP contribution is -3.21. The van der Waals surface area contributed by atoms with Gasteiger partial charge in [0.05, 0.1) is 0 Å². The van der Waals surface area contributed by atoms with Crippen molar-refractivity contribution in [1.82, 2.24) is 4.90 Å². The van der Waals surface area contributed by atoms with E-state index in [4.69, 9.17) is 0 Å². The number of rotatable bonds is 2. The number of hydrogen-bond donors (Lipinski definition) is 0. The summed E-state index contributed by atoms with van der Waals surface area (Å²) in [5.41, 5.74) is 1.67. The molecule has 3 heterocycles. The van der Waals surface area contributed by atoms with Gasteiger partial charge in [-0.05, 0) is 30.1 Å². The smallest absolute Gasteiger partial charge is 0.0306 e. The van der Waals surface area contributed by atoms with Gasteiger partial charge in [0.2, 0.25) is 0 Å². The summed E-state index contributed by atoms with van der Waals surface area (Å²) in [6, 6.07) is 2.15. The molecule has 6 rings (SSSR count). The van der Waals surface area contributed by atoms with Gasteiger partial charge in [0, 0.05) is 23.0 Å². The molecule has 4 atom stereocenters. The zero-order valence-electron chi connectivity index (χ0n) is 8.62. The molecule has 6 fully saturated rings. The third-order valence-electron chi connectivity index (χ3n) is 6.86. The molecule has 0 radical (unpaired) electrons. The van der Waals surface area contributed by atoms with Gasteiger partial charge < -0.3 is 0 Å². The highest BCUT2D eigenvalue weighted by molar-refractivity contribution is 5.60. The molecular formula is C12H17N. The molecule has 0 N–H and O–H groups in total. The molecule has 0 spiro atoms. The summed E-state index contributed by atoms with van der Waals surface area (Å²) in [5, 5.41) is 0. The van der Waals surface area contributed by atoms with Gasteiger partial charge in [-0.1, -0.05) is 20.8 Å². The zero-order valence-corrected chi connectivity index (χ0v) is 8.62. The fourth-order valence-electron chi connectivity index (χ4n) is 6.80. The van der Waals surface area contributed by atoms with Crippen LogP contribution in [0, 0.1) is 29.1 Å². The zero-order chi connectivity index (χ0) is 8.75. The first-order valence-electron chi connectivity index (χ1n) is 6.02. The van der Waals surface area contributed by atoms with Crippen molar-refractivity contribution >= 4 is 0 Å². The minimum absolute atomic E-state index is 0.802. The quantitative estimate of drug-likeness (QED) is 0.618. The lowest BCUT2D eigenvalue weighted by molar-refractivity contribution is -0.643. The van der Waals surface area contributed by atoms with E-state index in [9.17, 15) is 0 Å². The highest BCUT2D eigenvalue weighted by Gasteiger charge is 3.08. The van der Waals surface area contributed by atoms with Crippen LogP contribution in [0.3, 0.4) is 0 Å². The maximum Gasteiger partial charge on any atom is 0.0306 e. The van der Waals surface area contributed by atoms with Gasteiger partial charge in [0.1, 0.15) is 0 Å². The lowest BCUT2D eigenvalue weighted by atomic mass is 9.05. The fraction of sp³-hybridized carbons (Fsp3) is 1.00. The van der Waals surface area contributed by atoms with Crippen LogP contribution in [0.15, 0.2) is 0 Å². The molecular weight excluding hydrogens is 158 g/mol. The molecule has 3 saturated heterocycles. The minimum atomic E-state index is 0.802. The van der Waals surface area contributed by atoms with Crippen LogP contribution in [0.1, 0.15) is 27.2 Å². The standard InChI is InChI=1S/C12H17N/c1-4-11-7-6-8(11)10-12(6,5(2)3)9(7)13(10)11/h5-10H,4H2,1-3H3. The lowest BCUT2D eigenvalue weighted by Gasteiger charge is -3.13. The van der Waals surface area contributed by atoms with Gasteiger partial charge in [0.15, 0.2) is 0 Å². The van der Waals surface area contributed by atoms with Gasteiger partial charge in [-0.3, -0.25) is 4.90 Å². The Hall–Kier alpha value is -0.0400. The van der Waals surface area contributed by atoms with Crippen molar-refractivity contribution < 1.29 is 0 Å². The first-order chi connectivity index (χ1) is 6.24. The molecule has 70 valence electrons. The number of piperidine rings is 12. The van der Waals surface area contributed by atoms with Crippen molar-refractivity contribution in [3.63, 3.8) is 0 Å². The Morgan fingerprint density at radius 2 is 1.77 bits per heavy atom. The van der Waals surface area contributed by atoms with Gasteiger partial charge >= 0.3 is 0 Å². The monoisotopic (exact) mass is 175 g/mol. The molecule has 3 aliphatic heterocycles. The van der Waals surface area contributed by atoms with E-state index in [1.54, 1.807) is 0 Å². The van der Waals surface area contributed by atoms with E-state index in [0.29, 0.717) is 0 Å². The summed E-state index contributed by atoms with van der Waals surface area (Å²) in [7, 11) is 0. The predicted molar refractivity (Wildman–Crippen MR) is 50.2 cm³/mol. The molecule has 4 unspecified atom stereocenters. The summed E-state index contributed by atoms with van der Waals surface area (Å²) < 4.78 is 0. The molecule has 1 heteroatoms. The van der Waals surface area contributed by atoms with E-state index in [0.717, 1.165) is 29.0 Å². The molecule has 3 aliphatic carbocycles.